The van der Waals surface area contributed by atoms with Crippen LogP contribution in [0.15, 0.2) is 48.8 Å². The fourth-order valence-electron chi connectivity index (χ4n) is 1.18. The van der Waals surface area contributed by atoms with Gasteiger partial charge in [0.2, 0.25) is 0 Å². The molecule has 0 bridgehead atoms. The minimum Gasteiger partial charge on any atom is -0.489 e. The van der Waals surface area contributed by atoms with Crippen molar-refractivity contribution in [2.75, 3.05) is 0 Å². The molecule has 0 aliphatic heterocycles. The first-order valence-electron chi connectivity index (χ1n) is 4.62. The van der Waals surface area contributed by atoms with Crippen LogP contribution in [-0.2, 0) is 6.61 Å². The largest absolute Gasteiger partial charge is 0.489 e. The predicted molar refractivity (Wildman–Crippen MR) is 67.7 cm³/mol. The summed E-state index contributed by atoms with van der Waals surface area (Å²) < 4.78 is 6.83. The van der Waals surface area contributed by atoms with Crippen LogP contribution in [0.25, 0.3) is 0 Å². The molecule has 2 aromatic rings. The van der Waals surface area contributed by atoms with Gasteiger partial charge in [-0.2, -0.15) is 0 Å². The number of aromatic nitrogens is 1. The van der Waals surface area contributed by atoms with Crippen molar-refractivity contribution in [3.63, 3.8) is 0 Å². The number of hydrogen-bond acceptors (Lipinski definition) is 2. The lowest BCUT2D eigenvalue weighted by molar-refractivity contribution is 0.306. The van der Waals surface area contributed by atoms with Gasteiger partial charge in [0.25, 0.3) is 0 Å². The Labute approximate surface area is 102 Å². The van der Waals surface area contributed by atoms with Crippen LogP contribution in [0.1, 0.15) is 5.56 Å². The van der Waals surface area contributed by atoms with Crippen molar-refractivity contribution >= 4 is 22.6 Å². The summed E-state index contributed by atoms with van der Waals surface area (Å²) in [7, 11) is 0. The molecule has 0 aliphatic carbocycles. The molecule has 0 saturated heterocycles. The Bertz CT molecular complexity index is 413. The normalized spacial score (nSPS) is 9.93. The van der Waals surface area contributed by atoms with Crippen LogP contribution in [0.4, 0.5) is 0 Å². The van der Waals surface area contributed by atoms with Gasteiger partial charge in [0.1, 0.15) is 12.4 Å². The number of ether oxygens (including phenoxy) is 1. The van der Waals surface area contributed by atoms with E-state index < -0.39 is 0 Å². The van der Waals surface area contributed by atoms with Crippen molar-refractivity contribution in [1.29, 1.82) is 0 Å². The molecule has 0 fully saturated rings. The summed E-state index contributed by atoms with van der Waals surface area (Å²) in [5.74, 6) is 0.896. The lowest BCUT2D eigenvalue weighted by atomic mass is 10.3. The molecule has 0 saturated carbocycles. The van der Waals surface area contributed by atoms with E-state index in [1.54, 1.807) is 12.4 Å². The minimum atomic E-state index is 0.586. The Hall–Kier alpha value is -1.10. The Balaban J connectivity index is 1.96. The second-order valence-corrected chi connectivity index (χ2v) is 4.34. The van der Waals surface area contributed by atoms with E-state index in [-0.39, 0.29) is 0 Å². The summed E-state index contributed by atoms with van der Waals surface area (Å²) in [4.78, 5) is 3.96. The molecule has 1 aromatic carbocycles. The van der Waals surface area contributed by atoms with Crippen molar-refractivity contribution in [1.82, 2.24) is 4.98 Å². The molecule has 0 unspecified atom stereocenters. The van der Waals surface area contributed by atoms with Crippen LogP contribution in [0.5, 0.6) is 5.75 Å². The van der Waals surface area contributed by atoms with E-state index in [1.807, 2.05) is 36.4 Å². The second kappa shape index (κ2) is 5.11. The maximum Gasteiger partial charge on any atom is 0.119 e. The maximum absolute atomic E-state index is 5.62. The molecule has 0 aliphatic rings. The fraction of sp³-hybridized carbons (Fsp3) is 0.0833. The topological polar surface area (TPSA) is 22.1 Å². The molecular weight excluding hydrogens is 301 g/mol. The van der Waals surface area contributed by atoms with Crippen LogP contribution in [-0.4, -0.2) is 4.98 Å². The van der Waals surface area contributed by atoms with Gasteiger partial charge < -0.3 is 4.74 Å². The predicted octanol–water partition coefficient (Wildman–Crippen LogP) is 3.27. The van der Waals surface area contributed by atoms with Crippen molar-refractivity contribution < 1.29 is 4.74 Å². The fourth-order valence-corrected chi connectivity index (χ4v) is 1.54. The van der Waals surface area contributed by atoms with Crippen LogP contribution in [0.2, 0.25) is 0 Å². The van der Waals surface area contributed by atoms with Gasteiger partial charge in [-0.15, -0.1) is 0 Å². The number of benzene rings is 1. The van der Waals surface area contributed by atoms with E-state index >= 15 is 0 Å². The molecule has 0 amide bonds. The third kappa shape index (κ3) is 3.20. The number of pyridine rings is 1. The zero-order valence-electron chi connectivity index (χ0n) is 8.06. The average Bonchev–Trinajstić information content (AvgIpc) is 2.30. The van der Waals surface area contributed by atoms with Gasteiger partial charge in [0.15, 0.2) is 0 Å². The molecule has 2 nitrogen and oxygen atoms in total. The first-order valence-corrected chi connectivity index (χ1v) is 5.70. The molecule has 2 rings (SSSR count). The van der Waals surface area contributed by atoms with Crippen molar-refractivity contribution in [3.05, 3.63) is 57.9 Å². The van der Waals surface area contributed by atoms with Crippen LogP contribution in [0, 0.1) is 3.57 Å². The third-order valence-corrected chi connectivity index (χ3v) is 2.69. The molecule has 15 heavy (non-hydrogen) atoms. The zero-order chi connectivity index (χ0) is 10.5. The Morgan fingerprint density at radius 2 is 1.67 bits per heavy atom. The zero-order valence-corrected chi connectivity index (χ0v) is 10.2. The average molecular weight is 311 g/mol. The first-order chi connectivity index (χ1) is 7.34. The summed E-state index contributed by atoms with van der Waals surface area (Å²) >= 11 is 2.27. The van der Waals surface area contributed by atoms with E-state index in [2.05, 4.69) is 27.6 Å². The van der Waals surface area contributed by atoms with E-state index in [9.17, 15) is 0 Å². The van der Waals surface area contributed by atoms with Crippen molar-refractivity contribution in [3.8, 4) is 5.75 Å². The van der Waals surface area contributed by atoms with Gasteiger partial charge in [0.05, 0.1) is 0 Å². The number of halogens is 1. The molecule has 1 heterocycles. The molecule has 0 radical (unpaired) electrons. The highest BCUT2D eigenvalue weighted by atomic mass is 127. The molecule has 0 atom stereocenters. The molecular formula is C12H10INO. The number of hydrogen-bond donors (Lipinski definition) is 0. The van der Waals surface area contributed by atoms with Crippen molar-refractivity contribution in [2.45, 2.75) is 6.61 Å². The van der Waals surface area contributed by atoms with Gasteiger partial charge in [-0.25, -0.2) is 0 Å². The highest BCUT2D eigenvalue weighted by molar-refractivity contribution is 14.1. The summed E-state index contributed by atoms with van der Waals surface area (Å²) in [5.41, 5.74) is 1.13. The van der Waals surface area contributed by atoms with E-state index in [4.69, 9.17) is 4.74 Å². The lowest BCUT2D eigenvalue weighted by Crippen LogP contribution is -1.95. The van der Waals surface area contributed by atoms with Gasteiger partial charge in [-0.3, -0.25) is 4.98 Å². The van der Waals surface area contributed by atoms with Crippen LogP contribution >= 0.6 is 22.6 Å². The lowest BCUT2D eigenvalue weighted by Gasteiger charge is -2.05. The smallest absolute Gasteiger partial charge is 0.119 e. The minimum absolute atomic E-state index is 0.586. The van der Waals surface area contributed by atoms with Gasteiger partial charge in [-0.1, -0.05) is 0 Å². The number of nitrogens with zero attached hydrogens (tertiary/aromatic N) is 1. The summed E-state index contributed by atoms with van der Waals surface area (Å²) in [6.07, 6.45) is 3.54. The van der Waals surface area contributed by atoms with Gasteiger partial charge >= 0.3 is 0 Å². The van der Waals surface area contributed by atoms with Crippen LogP contribution < -0.4 is 4.74 Å². The quantitative estimate of drug-likeness (QED) is 0.812. The highest BCUT2D eigenvalue weighted by Gasteiger charge is 1.95. The standard InChI is InChI=1S/C12H10INO/c13-11-1-3-12(4-2-11)15-9-10-5-7-14-8-6-10/h1-8H,9H2. The Kier molecular flexibility index (Phi) is 3.55. The maximum atomic E-state index is 5.62. The van der Waals surface area contributed by atoms with Crippen molar-refractivity contribution in [2.24, 2.45) is 0 Å². The second-order valence-electron chi connectivity index (χ2n) is 3.10. The Morgan fingerprint density at radius 1 is 1.00 bits per heavy atom. The Morgan fingerprint density at radius 3 is 2.33 bits per heavy atom. The molecule has 76 valence electrons. The van der Waals surface area contributed by atoms with E-state index in [1.165, 1.54) is 3.57 Å². The highest BCUT2D eigenvalue weighted by Crippen LogP contribution is 2.14. The summed E-state index contributed by atoms with van der Waals surface area (Å²) in [6, 6.07) is 11.9. The monoisotopic (exact) mass is 311 g/mol. The first kappa shape index (κ1) is 10.4. The molecule has 0 spiro atoms. The third-order valence-electron chi connectivity index (χ3n) is 1.97. The van der Waals surface area contributed by atoms with Crippen LogP contribution in [0.3, 0.4) is 0 Å². The summed E-state index contributed by atoms with van der Waals surface area (Å²) in [5, 5.41) is 0. The summed E-state index contributed by atoms with van der Waals surface area (Å²) in [6.45, 7) is 0.586. The SMILES string of the molecule is Ic1ccc(OCc2ccncc2)cc1. The molecule has 0 N–H and O–H groups in total. The molecule has 3 heteroatoms. The van der Waals surface area contributed by atoms with E-state index in [0.717, 1.165) is 11.3 Å². The molecule has 1 aromatic heterocycles. The van der Waals surface area contributed by atoms with Gasteiger partial charge in [0, 0.05) is 16.0 Å². The van der Waals surface area contributed by atoms with E-state index in [0.29, 0.717) is 6.61 Å². The number of rotatable bonds is 3. The van der Waals surface area contributed by atoms with Gasteiger partial charge in [-0.05, 0) is 64.6 Å².